The van der Waals surface area contributed by atoms with E-state index >= 15 is 0 Å². The Morgan fingerprint density at radius 3 is 2.56 bits per heavy atom. The second-order valence-electron chi connectivity index (χ2n) is 8.62. The number of aliphatic hydroxyl groups is 1. The average molecular weight is 344 g/mol. The lowest BCUT2D eigenvalue weighted by Crippen LogP contribution is -2.60. The van der Waals surface area contributed by atoms with Gasteiger partial charge in [-0.3, -0.25) is 4.90 Å². The van der Waals surface area contributed by atoms with Crippen molar-refractivity contribution in [1.82, 2.24) is 4.90 Å². The van der Waals surface area contributed by atoms with Crippen LogP contribution < -0.4 is 4.74 Å². The second-order valence-corrected chi connectivity index (χ2v) is 8.62. The van der Waals surface area contributed by atoms with Crippen molar-refractivity contribution >= 4 is 0 Å². The summed E-state index contributed by atoms with van der Waals surface area (Å²) in [5, 5.41) is 11.3. The van der Waals surface area contributed by atoms with Gasteiger partial charge in [-0.15, -0.1) is 0 Å². The summed E-state index contributed by atoms with van der Waals surface area (Å²) >= 11 is 0. The zero-order valence-electron chi connectivity index (χ0n) is 15.6. The third-order valence-corrected chi connectivity index (χ3v) is 7.15. The first kappa shape index (κ1) is 17.4. The van der Waals surface area contributed by atoms with Crippen LogP contribution in [-0.2, 0) is 6.42 Å². The number of rotatable bonds is 5. The Kier molecular flexibility index (Phi) is 5.06. The van der Waals surface area contributed by atoms with E-state index in [2.05, 4.69) is 29.2 Å². The van der Waals surface area contributed by atoms with Crippen molar-refractivity contribution in [2.75, 3.05) is 20.2 Å². The van der Waals surface area contributed by atoms with Crippen molar-refractivity contribution in [3.8, 4) is 5.75 Å². The van der Waals surface area contributed by atoms with E-state index in [9.17, 15) is 5.11 Å². The van der Waals surface area contributed by atoms with E-state index in [-0.39, 0.29) is 0 Å². The number of ether oxygens (including phenoxy) is 1. The molecule has 2 aliphatic carbocycles. The third-order valence-electron chi connectivity index (χ3n) is 7.15. The maximum atomic E-state index is 11.3. The molecule has 1 aromatic rings. The number of hydrogen-bond acceptors (Lipinski definition) is 3. The fraction of sp³-hybridized carbons (Fsp3) is 0.727. The molecule has 138 valence electrons. The molecule has 3 nitrogen and oxygen atoms in total. The van der Waals surface area contributed by atoms with E-state index < -0.39 is 5.60 Å². The molecule has 2 saturated carbocycles. The molecule has 0 amide bonds. The SMILES string of the molecule is COc1ccc(CC2C3CCCCC3(O)CCN2CC2CCC2)cc1. The minimum atomic E-state index is -0.411. The van der Waals surface area contributed by atoms with Gasteiger partial charge in [-0.2, -0.15) is 0 Å². The molecule has 0 aromatic heterocycles. The van der Waals surface area contributed by atoms with Gasteiger partial charge in [0.2, 0.25) is 0 Å². The zero-order chi connectivity index (χ0) is 17.3. The minimum absolute atomic E-state index is 0.411. The third kappa shape index (κ3) is 3.59. The summed E-state index contributed by atoms with van der Waals surface area (Å²) in [5.41, 5.74) is 0.963. The van der Waals surface area contributed by atoms with E-state index in [1.54, 1.807) is 7.11 Å². The molecule has 1 saturated heterocycles. The lowest BCUT2D eigenvalue weighted by Gasteiger charge is -2.53. The number of piperidine rings is 1. The van der Waals surface area contributed by atoms with Crippen molar-refractivity contribution in [3.63, 3.8) is 0 Å². The van der Waals surface area contributed by atoms with E-state index in [0.717, 1.165) is 37.5 Å². The summed E-state index contributed by atoms with van der Waals surface area (Å²) in [6, 6.07) is 9.05. The number of fused-ring (bicyclic) bond motifs is 1. The summed E-state index contributed by atoms with van der Waals surface area (Å²) in [7, 11) is 1.72. The van der Waals surface area contributed by atoms with Gasteiger partial charge in [-0.25, -0.2) is 0 Å². The Balaban J connectivity index is 1.54. The molecule has 0 radical (unpaired) electrons. The van der Waals surface area contributed by atoms with Gasteiger partial charge in [-0.1, -0.05) is 31.4 Å². The second kappa shape index (κ2) is 7.28. The summed E-state index contributed by atoms with van der Waals surface area (Å²) in [5.74, 6) is 2.26. The molecule has 3 heteroatoms. The summed E-state index contributed by atoms with van der Waals surface area (Å²) in [4.78, 5) is 2.73. The maximum Gasteiger partial charge on any atom is 0.118 e. The predicted molar refractivity (Wildman–Crippen MR) is 101 cm³/mol. The highest BCUT2D eigenvalue weighted by atomic mass is 16.5. The molecule has 3 atom stereocenters. The molecule has 4 rings (SSSR count). The fourth-order valence-corrected chi connectivity index (χ4v) is 5.38. The van der Waals surface area contributed by atoms with Crippen LogP contribution >= 0.6 is 0 Å². The van der Waals surface area contributed by atoms with Crippen molar-refractivity contribution in [1.29, 1.82) is 0 Å². The van der Waals surface area contributed by atoms with Crippen LogP contribution in [0.25, 0.3) is 0 Å². The minimum Gasteiger partial charge on any atom is -0.497 e. The number of benzene rings is 1. The summed E-state index contributed by atoms with van der Waals surface area (Å²) in [6.07, 6.45) is 10.9. The standard InChI is InChI=1S/C22H33NO2/c1-25-19-10-8-17(9-11-19)15-21-20-7-2-3-12-22(20,24)13-14-23(21)16-18-5-4-6-18/h8-11,18,20-21,24H,2-7,12-16H2,1H3. The zero-order valence-corrected chi connectivity index (χ0v) is 15.6. The Morgan fingerprint density at radius 2 is 1.88 bits per heavy atom. The molecule has 3 fully saturated rings. The first-order chi connectivity index (χ1) is 12.2. The maximum absolute atomic E-state index is 11.3. The Hall–Kier alpha value is -1.06. The van der Waals surface area contributed by atoms with Crippen molar-refractivity contribution < 1.29 is 9.84 Å². The normalized spacial score (nSPS) is 33.5. The van der Waals surface area contributed by atoms with Crippen LogP contribution in [0.5, 0.6) is 5.75 Å². The topological polar surface area (TPSA) is 32.7 Å². The summed E-state index contributed by atoms with van der Waals surface area (Å²) in [6.45, 7) is 2.32. The molecule has 1 aliphatic heterocycles. The van der Waals surface area contributed by atoms with E-state index in [1.165, 1.54) is 50.6 Å². The molecular formula is C22H33NO2. The fourth-order valence-electron chi connectivity index (χ4n) is 5.38. The lowest BCUT2D eigenvalue weighted by molar-refractivity contribution is -0.126. The molecule has 0 bridgehead atoms. The number of methoxy groups -OCH3 is 1. The Labute approximate surface area is 152 Å². The first-order valence-electron chi connectivity index (χ1n) is 10.3. The van der Waals surface area contributed by atoms with Gasteiger partial charge in [-0.05, 0) is 62.1 Å². The molecule has 3 unspecified atom stereocenters. The van der Waals surface area contributed by atoms with Crippen LogP contribution in [0.4, 0.5) is 0 Å². The predicted octanol–water partition coefficient (Wildman–Crippen LogP) is 4.03. The largest absolute Gasteiger partial charge is 0.497 e. The molecule has 0 spiro atoms. The number of hydrogen-bond donors (Lipinski definition) is 1. The van der Waals surface area contributed by atoms with Gasteiger partial charge in [0.1, 0.15) is 5.75 Å². The van der Waals surface area contributed by atoms with Gasteiger partial charge in [0, 0.05) is 25.0 Å². The lowest BCUT2D eigenvalue weighted by atomic mass is 9.66. The Bertz CT molecular complexity index is 568. The molecule has 1 N–H and O–H groups in total. The molecule has 3 aliphatic rings. The highest BCUT2D eigenvalue weighted by Crippen LogP contribution is 2.45. The quantitative estimate of drug-likeness (QED) is 0.876. The highest BCUT2D eigenvalue weighted by molar-refractivity contribution is 5.28. The van der Waals surface area contributed by atoms with Crippen molar-refractivity contribution in [2.45, 2.75) is 69.4 Å². The first-order valence-corrected chi connectivity index (χ1v) is 10.3. The smallest absolute Gasteiger partial charge is 0.118 e. The van der Waals surface area contributed by atoms with Crippen LogP contribution in [0, 0.1) is 11.8 Å². The molecule has 25 heavy (non-hydrogen) atoms. The van der Waals surface area contributed by atoms with Crippen LogP contribution in [0.15, 0.2) is 24.3 Å². The monoisotopic (exact) mass is 343 g/mol. The van der Waals surface area contributed by atoms with Crippen LogP contribution in [0.2, 0.25) is 0 Å². The van der Waals surface area contributed by atoms with Gasteiger partial charge < -0.3 is 9.84 Å². The van der Waals surface area contributed by atoms with E-state index in [4.69, 9.17) is 4.74 Å². The van der Waals surface area contributed by atoms with Gasteiger partial charge in [0.05, 0.1) is 12.7 Å². The van der Waals surface area contributed by atoms with Crippen molar-refractivity contribution in [2.24, 2.45) is 11.8 Å². The van der Waals surface area contributed by atoms with Gasteiger partial charge in [0.25, 0.3) is 0 Å². The van der Waals surface area contributed by atoms with Crippen LogP contribution in [-0.4, -0.2) is 41.8 Å². The molecular weight excluding hydrogens is 310 g/mol. The number of likely N-dealkylation sites (tertiary alicyclic amines) is 1. The van der Waals surface area contributed by atoms with E-state index in [0.29, 0.717) is 12.0 Å². The van der Waals surface area contributed by atoms with Crippen LogP contribution in [0.3, 0.4) is 0 Å². The molecule has 1 heterocycles. The van der Waals surface area contributed by atoms with Gasteiger partial charge in [0.15, 0.2) is 0 Å². The Morgan fingerprint density at radius 1 is 1.08 bits per heavy atom. The highest BCUT2D eigenvalue weighted by Gasteiger charge is 2.48. The number of nitrogens with zero attached hydrogens (tertiary/aromatic N) is 1. The van der Waals surface area contributed by atoms with E-state index in [1.807, 2.05) is 0 Å². The summed E-state index contributed by atoms with van der Waals surface area (Å²) < 4.78 is 5.31. The average Bonchev–Trinajstić information content (AvgIpc) is 2.60. The van der Waals surface area contributed by atoms with Gasteiger partial charge >= 0.3 is 0 Å². The molecule has 1 aromatic carbocycles. The van der Waals surface area contributed by atoms with Crippen LogP contribution in [0.1, 0.15) is 56.9 Å². The van der Waals surface area contributed by atoms with Crippen molar-refractivity contribution in [3.05, 3.63) is 29.8 Å².